The molecule has 1 aromatic heterocycles. The number of rotatable bonds is 6. The summed E-state index contributed by atoms with van der Waals surface area (Å²) in [5.74, 6) is -7.56. The molecule has 2 aliphatic heterocycles. The van der Waals surface area contributed by atoms with Gasteiger partial charge in [0.2, 0.25) is 11.8 Å². The van der Waals surface area contributed by atoms with E-state index in [1.165, 1.54) is 11.0 Å². The number of carbonyl (C=O) groups excluding carboxylic acids is 4. The molecular weight excluding hydrogens is 744 g/mol. The molecule has 4 aliphatic rings. The van der Waals surface area contributed by atoms with Crippen molar-refractivity contribution < 1.29 is 37.5 Å². The van der Waals surface area contributed by atoms with Crippen LogP contribution in [0.2, 0.25) is 10.0 Å². The lowest BCUT2D eigenvalue weighted by molar-refractivity contribution is -0.139. The van der Waals surface area contributed by atoms with Crippen molar-refractivity contribution in [3.8, 4) is 5.75 Å². The Hall–Kier alpha value is -5.46. The van der Waals surface area contributed by atoms with Crippen LogP contribution in [0.15, 0.2) is 103 Å². The maximum absolute atomic E-state index is 15.2. The monoisotopic (exact) mass is 772 g/mol. The maximum atomic E-state index is 15.2. The third-order valence-electron chi connectivity index (χ3n) is 11.2. The summed E-state index contributed by atoms with van der Waals surface area (Å²) in [7, 11) is 0. The highest BCUT2D eigenvalue weighted by Gasteiger charge is 2.70. The molecule has 0 radical (unpaired) electrons. The molecule has 3 aromatic carbocycles. The third kappa shape index (κ3) is 5.25. The van der Waals surface area contributed by atoms with Gasteiger partial charge in [-0.3, -0.25) is 29.5 Å². The lowest BCUT2D eigenvalue weighted by Gasteiger charge is -2.50. The Morgan fingerprint density at radius 2 is 1.63 bits per heavy atom. The van der Waals surface area contributed by atoms with Gasteiger partial charge in [-0.1, -0.05) is 90.0 Å². The summed E-state index contributed by atoms with van der Waals surface area (Å²) in [5, 5.41) is 12.0. The normalized spacial score (nSPS) is 26.3. The highest BCUT2D eigenvalue weighted by molar-refractivity contribution is 6.33. The van der Waals surface area contributed by atoms with Crippen molar-refractivity contribution in [1.82, 2.24) is 9.99 Å². The van der Waals surface area contributed by atoms with Crippen molar-refractivity contribution in [2.75, 3.05) is 10.3 Å². The average Bonchev–Trinajstić information content (AvgIpc) is 3.53. The third-order valence-corrected chi connectivity index (χ3v) is 11.7. The van der Waals surface area contributed by atoms with E-state index in [1.54, 1.807) is 72.8 Å². The van der Waals surface area contributed by atoms with Gasteiger partial charge in [0.05, 0.1) is 39.4 Å². The molecule has 2 aliphatic carbocycles. The number of aromatic hydroxyl groups is 1. The molecular formula is C40H29Cl2F3N4O5. The summed E-state index contributed by atoms with van der Waals surface area (Å²) in [6.45, 7) is 3.76. The molecule has 2 saturated heterocycles. The number of hydrazine groups is 1. The standard InChI is InChI=1S/C40H29Cl2F3N4O5/c1-2-20-7-13-24(14-8-20)48-35(51)27-16-15-25-28(32(27)37(48)53)18-29-36(52)49(47-34-30(42)17-22(19-46-34)40(43,44)45)38(54)39(29,21-9-11-23(41)12-10-21)33(25)26-5-3-4-6-31(26)50/h2-15,17,19,27-29,32-33,50H,1,16,18H2,(H,46,47)/t27-,28+,29-,32-,33+,39+/m0/s1. The number of phenols is 1. The summed E-state index contributed by atoms with van der Waals surface area (Å²) in [6, 6.07) is 20.2. The van der Waals surface area contributed by atoms with Gasteiger partial charge in [0.1, 0.15) is 5.75 Å². The van der Waals surface area contributed by atoms with Crippen molar-refractivity contribution in [3.05, 3.63) is 136 Å². The summed E-state index contributed by atoms with van der Waals surface area (Å²) >= 11 is 12.5. The number of fused-ring (bicyclic) bond motifs is 4. The molecule has 9 nitrogen and oxygen atoms in total. The number of benzene rings is 3. The van der Waals surface area contributed by atoms with Gasteiger partial charge >= 0.3 is 6.18 Å². The molecule has 0 bridgehead atoms. The van der Waals surface area contributed by atoms with Crippen molar-refractivity contribution in [2.24, 2.45) is 23.7 Å². The number of phenolic OH excluding ortho intramolecular Hbond substituents is 1. The predicted octanol–water partition coefficient (Wildman–Crippen LogP) is 7.95. The highest BCUT2D eigenvalue weighted by Crippen LogP contribution is 2.65. The Kier molecular flexibility index (Phi) is 8.46. The number of carbonyl (C=O) groups is 4. The fourth-order valence-electron chi connectivity index (χ4n) is 8.87. The number of aromatic nitrogens is 1. The summed E-state index contributed by atoms with van der Waals surface area (Å²) in [5.41, 5.74) is 2.15. The van der Waals surface area contributed by atoms with Crippen LogP contribution >= 0.6 is 23.2 Å². The van der Waals surface area contributed by atoms with Crippen LogP contribution in [-0.4, -0.2) is 38.7 Å². The van der Waals surface area contributed by atoms with Crippen LogP contribution in [0.5, 0.6) is 5.75 Å². The van der Waals surface area contributed by atoms with E-state index < -0.39 is 69.5 Å². The molecule has 0 unspecified atom stereocenters. The first-order valence-electron chi connectivity index (χ1n) is 17.0. The smallest absolute Gasteiger partial charge is 0.417 e. The first-order valence-corrected chi connectivity index (χ1v) is 17.7. The van der Waals surface area contributed by atoms with Crippen molar-refractivity contribution >= 4 is 64.4 Å². The Balaban J connectivity index is 1.29. The Bertz CT molecular complexity index is 2300. The van der Waals surface area contributed by atoms with Crippen LogP contribution in [0.1, 0.15) is 41.0 Å². The maximum Gasteiger partial charge on any atom is 0.417 e. The van der Waals surface area contributed by atoms with Crippen LogP contribution in [0.25, 0.3) is 6.08 Å². The molecule has 0 spiro atoms. The van der Waals surface area contributed by atoms with E-state index in [-0.39, 0.29) is 30.3 Å². The number of allylic oxidation sites excluding steroid dienone is 2. The number of anilines is 2. The highest BCUT2D eigenvalue weighted by atomic mass is 35.5. The minimum atomic E-state index is -4.75. The molecule has 8 rings (SSSR count). The summed E-state index contributed by atoms with van der Waals surface area (Å²) in [4.78, 5) is 63.4. The van der Waals surface area contributed by atoms with E-state index in [4.69, 9.17) is 23.2 Å². The number of hydrogen-bond acceptors (Lipinski definition) is 7. The van der Waals surface area contributed by atoms with Crippen molar-refractivity contribution in [3.63, 3.8) is 0 Å². The summed E-state index contributed by atoms with van der Waals surface area (Å²) < 4.78 is 40.4. The lowest BCUT2D eigenvalue weighted by Crippen LogP contribution is -2.53. The van der Waals surface area contributed by atoms with Gasteiger partial charge in [0.25, 0.3) is 11.8 Å². The molecule has 3 fully saturated rings. The van der Waals surface area contributed by atoms with Gasteiger partial charge in [-0.15, -0.1) is 0 Å². The van der Waals surface area contributed by atoms with E-state index >= 15 is 4.79 Å². The fourth-order valence-corrected chi connectivity index (χ4v) is 9.21. The van der Waals surface area contributed by atoms with Crippen LogP contribution in [0.3, 0.4) is 0 Å². The zero-order chi connectivity index (χ0) is 38.3. The minimum absolute atomic E-state index is 0.0566. The summed E-state index contributed by atoms with van der Waals surface area (Å²) in [6.07, 6.45) is -0.638. The van der Waals surface area contributed by atoms with Crippen LogP contribution in [-0.2, 0) is 30.8 Å². The first-order chi connectivity index (χ1) is 25.8. The lowest BCUT2D eigenvalue weighted by atomic mass is 9.49. The van der Waals surface area contributed by atoms with E-state index in [9.17, 15) is 32.7 Å². The van der Waals surface area contributed by atoms with Gasteiger partial charge in [-0.2, -0.15) is 18.2 Å². The van der Waals surface area contributed by atoms with Crippen LogP contribution < -0.4 is 10.3 Å². The van der Waals surface area contributed by atoms with E-state index in [2.05, 4.69) is 17.0 Å². The number of para-hydroxylation sites is 1. The van der Waals surface area contributed by atoms with E-state index in [0.717, 1.165) is 5.56 Å². The number of pyridine rings is 1. The molecule has 3 heterocycles. The zero-order valence-electron chi connectivity index (χ0n) is 28.1. The Morgan fingerprint density at radius 3 is 2.28 bits per heavy atom. The van der Waals surface area contributed by atoms with Gasteiger partial charge in [0.15, 0.2) is 5.82 Å². The quantitative estimate of drug-likeness (QED) is 0.151. The number of nitrogens with one attached hydrogen (secondary N) is 1. The van der Waals surface area contributed by atoms with Gasteiger partial charge in [-0.25, -0.2) is 4.98 Å². The van der Waals surface area contributed by atoms with E-state index in [1.807, 2.05) is 6.08 Å². The topological polar surface area (TPSA) is 120 Å². The second kappa shape index (κ2) is 12.8. The molecule has 2 N–H and O–H groups in total. The van der Waals surface area contributed by atoms with Crippen molar-refractivity contribution in [2.45, 2.75) is 30.4 Å². The molecule has 14 heteroatoms. The first kappa shape index (κ1) is 35.6. The molecule has 4 amide bonds. The number of amides is 4. The van der Waals surface area contributed by atoms with Gasteiger partial charge in [-0.05, 0) is 66.3 Å². The van der Waals surface area contributed by atoms with Crippen LogP contribution in [0, 0.1) is 23.7 Å². The predicted molar refractivity (Wildman–Crippen MR) is 194 cm³/mol. The average molecular weight is 774 g/mol. The largest absolute Gasteiger partial charge is 0.508 e. The van der Waals surface area contributed by atoms with E-state index in [0.29, 0.717) is 44.7 Å². The van der Waals surface area contributed by atoms with Gasteiger partial charge < -0.3 is 5.11 Å². The number of alkyl halides is 3. The molecule has 274 valence electrons. The van der Waals surface area contributed by atoms with Crippen molar-refractivity contribution in [1.29, 1.82) is 0 Å². The minimum Gasteiger partial charge on any atom is -0.508 e. The second-order valence-electron chi connectivity index (χ2n) is 13.8. The Morgan fingerprint density at radius 1 is 0.926 bits per heavy atom. The number of imide groups is 2. The molecule has 4 aromatic rings. The number of halogens is 5. The second-order valence-corrected chi connectivity index (χ2v) is 14.6. The molecule has 54 heavy (non-hydrogen) atoms. The fraction of sp³-hybridized carbons (Fsp3) is 0.225. The molecule has 6 atom stereocenters. The SMILES string of the molecule is C=Cc1ccc(N2C(=O)[C@H]3[C@H](CC=C4[C@H]3C[C@H]3C(=O)N(Nc5ncc(C(F)(F)F)cc5Cl)C(=O)[C@@]3(c3ccc(Cl)cc3)[C@H]4c3ccccc3O)C2=O)cc1. The Labute approximate surface area is 316 Å². The number of hydrogen-bond donors (Lipinski definition) is 2. The zero-order valence-corrected chi connectivity index (χ0v) is 29.6. The number of nitrogens with zero attached hydrogens (tertiary/aromatic N) is 3. The molecule has 1 saturated carbocycles. The van der Waals surface area contributed by atoms with Crippen LogP contribution in [0.4, 0.5) is 24.7 Å². The van der Waals surface area contributed by atoms with Gasteiger partial charge in [0, 0.05) is 22.7 Å².